The summed E-state index contributed by atoms with van der Waals surface area (Å²) >= 11 is 0. The molecule has 1 heterocycles. The molecule has 0 spiro atoms. The van der Waals surface area contributed by atoms with Crippen molar-refractivity contribution in [3.8, 4) is 0 Å². The first-order valence-electron chi connectivity index (χ1n) is 8.01. The Morgan fingerprint density at radius 2 is 1.55 bits per heavy atom. The lowest BCUT2D eigenvalue weighted by Gasteiger charge is -2.11. The van der Waals surface area contributed by atoms with Crippen LogP contribution in [0, 0.1) is 20.8 Å². The number of hydrogen-bond donors (Lipinski definition) is 2. The van der Waals surface area contributed by atoms with Gasteiger partial charge in [0.05, 0.1) is 0 Å². The van der Waals surface area contributed by atoms with Gasteiger partial charge in [-0.2, -0.15) is 0 Å². The predicted octanol–water partition coefficient (Wildman–Crippen LogP) is 4.75. The Bertz CT molecular complexity index is 602. The molecule has 4 nitrogen and oxygen atoms in total. The number of nitrogens with zero attached hydrogens (tertiary/aromatic N) is 2. The molecule has 0 amide bonds. The van der Waals surface area contributed by atoms with E-state index in [0.717, 1.165) is 29.7 Å². The minimum atomic E-state index is 0.771. The molecule has 0 aliphatic carbocycles. The van der Waals surface area contributed by atoms with Crippen molar-refractivity contribution in [3.05, 3.63) is 41.2 Å². The Hall–Kier alpha value is -2.10. The number of rotatable bonds is 7. The highest BCUT2D eigenvalue weighted by Crippen LogP contribution is 2.20. The van der Waals surface area contributed by atoms with Gasteiger partial charge in [0.1, 0.15) is 17.5 Å². The molecule has 0 atom stereocenters. The van der Waals surface area contributed by atoms with Gasteiger partial charge in [-0.05, 0) is 50.5 Å². The maximum absolute atomic E-state index is 4.47. The van der Waals surface area contributed by atoms with E-state index in [1.807, 2.05) is 13.0 Å². The van der Waals surface area contributed by atoms with Crippen LogP contribution in [-0.2, 0) is 0 Å². The number of aromatic nitrogens is 2. The molecule has 1 aromatic heterocycles. The largest absolute Gasteiger partial charge is 0.370 e. The first kappa shape index (κ1) is 16.3. The summed E-state index contributed by atoms with van der Waals surface area (Å²) in [6.07, 6.45) is 3.63. The standard InChI is InChI=1S/C18H26N4/c1-5-6-7-8-19-17-12-18(21-15(4)20-17)22-16-10-13(2)9-14(3)11-16/h9-12H,5-8H2,1-4H3,(H2,19,20,21,22). The van der Waals surface area contributed by atoms with Gasteiger partial charge < -0.3 is 10.6 Å². The summed E-state index contributed by atoms with van der Waals surface area (Å²) in [5.74, 6) is 2.48. The summed E-state index contributed by atoms with van der Waals surface area (Å²) in [4.78, 5) is 8.92. The maximum Gasteiger partial charge on any atom is 0.136 e. The molecule has 2 N–H and O–H groups in total. The second-order valence-corrected chi connectivity index (χ2v) is 5.82. The van der Waals surface area contributed by atoms with Crippen LogP contribution in [-0.4, -0.2) is 16.5 Å². The lowest BCUT2D eigenvalue weighted by atomic mass is 10.1. The number of hydrogen-bond acceptors (Lipinski definition) is 4. The van der Waals surface area contributed by atoms with Gasteiger partial charge in [0.2, 0.25) is 0 Å². The molecule has 0 unspecified atom stereocenters. The van der Waals surface area contributed by atoms with E-state index < -0.39 is 0 Å². The lowest BCUT2D eigenvalue weighted by molar-refractivity contribution is 0.742. The van der Waals surface area contributed by atoms with Gasteiger partial charge >= 0.3 is 0 Å². The van der Waals surface area contributed by atoms with Gasteiger partial charge in [-0.1, -0.05) is 25.8 Å². The fourth-order valence-electron chi connectivity index (χ4n) is 2.51. The highest BCUT2D eigenvalue weighted by Gasteiger charge is 2.03. The molecule has 0 aliphatic rings. The van der Waals surface area contributed by atoms with Crippen LogP contribution in [0.3, 0.4) is 0 Å². The van der Waals surface area contributed by atoms with E-state index in [0.29, 0.717) is 0 Å². The third kappa shape index (κ3) is 5.02. The van der Waals surface area contributed by atoms with Crippen molar-refractivity contribution in [3.63, 3.8) is 0 Å². The van der Waals surface area contributed by atoms with E-state index >= 15 is 0 Å². The summed E-state index contributed by atoms with van der Waals surface area (Å²) in [5, 5.41) is 6.76. The quantitative estimate of drug-likeness (QED) is 0.724. The average Bonchev–Trinajstić information content (AvgIpc) is 2.42. The van der Waals surface area contributed by atoms with Crippen molar-refractivity contribution in [1.29, 1.82) is 0 Å². The van der Waals surface area contributed by atoms with Crippen molar-refractivity contribution in [2.75, 3.05) is 17.2 Å². The zero-order chi connectivity index (χ0) is 15.9. The van der Waals surface area contributed by atoms with Gasteiger partial charge in [0.25, 0.3) is 0 Å². The molecule has 4 heteroatoms. The fourth-order valence-corrected chi connectivity index (χ4v) is 2.51. The lowest BCUT2D eigenvalue weighted by Crippen LogP contribution is -2.06. The number of benzene rings is 1. The van der Waals surface area contributed by atoms with E-state index in [2.05, 4.69) is 59.6 Å². The van der Waals surface area contributed by atoms with Crippen LogP contribution in [0.4, 0.5) is 17.3 Å². The van der Waals surface area contributed by atoms with Crippen LogP contribution in [0.5, 0.6) is 0 Å². The predicted molar refractivity (Wildman–Crippen MR) is 94.0 cm³/mol. The average molecular weight is 298 g/mol. The third-order valence-electron chi connectivity index (χ3n) is 3.42. The highest BCUT2D eigenvalue weighted by atomic mass is 15.1. The van der Waals surface area contributed by atoms with Crippen molar-refractivity contribution in [2.45, 2.75) is 47.0 Å². The van der Waals surface area contributed by atoms with Crippen LogP contribution in [0.15, 0.2) is 24.3 Å². The minimum absolute atomic E-state index is 0.771. The third-order valence-corrected chi connectivity index (χ3v) is 3.42. The van der Waals surface area contributed by atoms with Crippen LogP contribution in [0.25, 0.3) is 0 Å². The summed E-state index contributed by atoms with van der Waals surface area (Å²) in [6.45, 7) is 9.28. The van der Waals surface area contributed by atoms with Crippen molar-refractivity contribution >= 4 is 17.3 Å². The van der Waals surface area contributed by atoms with Crippen LogP contribution in [0.1, 0.15) is 43.1 Å². The van der Waals surface area contributed by atoms with Gasteiger partial charge in [-0.3, -0.25) is 0 Å². The first-order chi connectivity index (χ1) is 10.6. The van der Waals surface area contributed by atoms with Gasteiger partial charge in [0, 0.05) is 18.3 Å². The molecule has 0 saturated heterocycles. The molecule has 0 bridgehead atoms. The summed E-state index contributed by atoms with van der Waals surface area (Å²) < 4.78 is 0. The van der Waals surface area contributed by atoms with E-state index in [9.17, 15) is 0 Å². The van der Waals surface area contributed by atoms with Gasteiger partial charge in [0.15, 0.2) is 0 Å². The number of nitrogens with one attached hydrogen (secondary N) is 2. The Kier molecular flexibility index (Phi) is 5.75. The second-order valence-electron chi connectivity index (χ2n) is 5.82. The monoisotopic (exact) mass is 298 g/mol. The Morgan fingerprint density at radius 1 is 0.864 bits per heavy atom. The summed E-state index contributed by atoms with van der Waals surface area (Å²) in [5.41, 5.74) is 3.55. The van der Waals surface area contributed by atoms with Crippen molar-refractivity contribution in [2.24, 2.45) is 0 Å². The molecule has 22 heavy (non-hydrogen) atoms. The molecule has 0 radical (unpaired) electrons. The second kappa shape index (κ2) is 7.78. The van der Waals surface area contributed by atoms with E-state index in [4.69, 9.17) is 0 Å². The van der Waals surface area contributed by atoms with Crippen molar-refractivity contribution in [1.82, 2.24) is 9.97 Å². The highest BCUT2D eigenvalue weighted by molar-refractivity contribution is 5.60. The molecule has 0 saturated carbocycles. The Morgan fingerprint density at radius 3 is 2.23 bits per heavy atom. The molecule has 118 valence electrons. The maximum atomic E-state index is 4.47. The topological polar surface area (TPSA) is 49.8 Å². The van der Waals surface area contributed by atoms with Crippen LogP contribution in [0.2, 0.25) is 0 Å². The molecule has 0 aliphatic heterocycles. The zero-order valence-electron chi connectivity index (χ0n) is 14.0. The smallest absolute Gasteiger partial charge is 0.136 e. The van der Waals surface area contributed by atoms with Crippen LogP contribution >= 0.6 is 0 Å². The minimum Gasteiger partial charge on any atom is -0.370 e. The molecular weight excluding hydrogens is 272 g/mol. The number of anilines is 3. The molecule has 2 rings (SSSR count). The first-order valence-corrected chi connectivity index (χ1v) is 8.01. The molecule has 1 aromatic carbocycles. The number of unbranched alkanes of at least 4 members (excludes halogenated alkanes) is 2. The van der Waals surface area contributed by atoms with E-state index in [1.54, 1.807) is 0 Å². The van der Waals surface area contributed by atoms with E-state index in [-0.39, 0.29) is 0 Å². The van der Waals surface area contributed by atoms with E-state index in [1.165, 1.54) is 30.4 Å². The van der Waals surface area contributed by atoms with Crippen LogP contribution < -0.4 is 10.6 Å². The molecule has 0 fully saturated rings. The Balaban J connectivity index is 2.08. The molecular formula is C18H26N4. The summed E-state index contributed by atoms with van der Waals surface area (Å²) in [6, 6.07) is 8.38. The van der Waals surface area contributed by atoms with Crippen molar-refractivity contribution < 1.29 is 0 Å². The zero-order valence-corrected chi connectivity index (χ0v) is 14.0. The Labute approximate surface area is 133 Å². The number of aryl methyl sites for hydroxylation is 3. The fraction of sp³-hybridized carbons (Fsp3) is 0.444. The molecule has 2 aromatic rings. The SMILES string of the molecule is CCCCCNc1cc(Nc2cc(C)cc(C)c2)nc(C)n1. The van der Waals surface area contributed by atoms with Gasteiger partial charge in [-0.25, -0.2) is 9.97 Å². The summed E-state index contributed by atoms with van der Waals surface area (Å²) in [7, 11) is 0. The normalized spacial score (nSPS) is 10.5. The van der Waals surface area contributed by atoms with Gasteiger partial charge in [-0.15, -0.1) is 0 Å².